The van der Waals surface area contributed by atoms with Gasteiger partial charge in [-0.2, -0.15) is 0 Å². The SMILES string of the molecule is CCCCCCCCC(O)C(=O)OCC.O=C(O)c1ccccc1.O=CO. The number of ether oxygens (including phenoxy) is 1. The van der Waals surface area contributed by atoms with E-state index < -0.39 is 18.0 Å². The number of rotatable bonds is 10. The smallest absolute Gasteiger partial charge is 0.335 e. The van der Waals surface area contributed by atoms with E-state index in [0.29, 0.717) is 18.6 Å². The number of carbonyl (C=O) groups excluding carboxylic acids is 1. The van der Waals surface area contributed by atoms with Crippen molar-refractivity contribution >= 4 is 18.4 Å². The number of unbranched alkanes of at least 4 members (excludes halogenated alkanes) is 5. The van der Waals surface area contributed by atoms with Gasteiger partial charge in [0.05, 0.1) is 12.2 Å². The predicted octanol–water partition coefficient (Wildman–Crippen LogP) is 3.75. The Balaban J connectivity index is 0. The van der Waals surface area contributed by atoms with E-state index in [0.717, 1.165) is 12.8 Å². The zero-order valence-electron chi connectivity index (χ0n) is 16.2. The molecule has 0 radical (unpaired) electrons. The highest BCUT2D eigenvalue weighted by Gasteiger charge is 2.14. The lowest BCUT2D eigenvalue weighted by atomic mass is 10.1. The van der Waals surface area contributed by atoms with Crippen LogP contribution in [0.5, 0.6) is 0 Å². The van der Waals surface area contributed by atoms with Gasteiger partial charge < -0.3 is 20.1 Å². The Morgan fingerprint density at radius 3 is 2.00 bits per heavy atom. The van der Waals surface area contributed by atoms with Gasteiger partial charge in [-0.05, 0) is 25.5 Å². The summed E-state index contributed by atoms with van der Waals surface area (Å²) in [4.78, 5) is 29.6. The van der Waals surface area contributed by atoms with Gasteiger partial charge in [0.1, 0.15) is 0 Å². The first-order chi connectivity index (χ1) is 12.9. The highest BCUT2D eigenvalue weighted by atomic mass is 16.5. The number of carboxylic acids is 1. The quantitative estimate of drug-likeness (QED) is 0.319. The van der Waals surface area contributed by atoms with E-state index >= 15 is 0 Å². The van der Waals surface area contributed by atoms with Gasteiger partial charge in [-0.15, -0.1) is 0 Å². The summed E-state index contributed by atoms with van der Waals surface area (Å²) in [7, 11) is 0. The monoisotopic (exact) mass is 384 g/mol. The number of carboxylic acid groups (broad SMARTS) is 2. The first-order valence-corrected chi connectivity index (χ1v) is 9.15. The minimum Gasteiger partial charge on any atom is -0.483 e. The van der Waals surface area contributed by atoms with Crippen LogP contribution in [0.15, 0.2) is 30.3 Å². The summed E-state index contributed by atoms with van der Waals surface area (Å²) in [5.74, 6) is -1.36. The number of hydrogen-bond donors (Lipinski definition) is 3. The van der Waals surface area contributed by atoms with Gasteiger partial charge in [0.25, 0.3) is 6.47 Å². The second-order valence-electron chi connectivity index (χ2n) is 5.60. The number of carbonyl (C=O) groups is 3. The molecule has 0 spiro atoms. The molecule has 1 aromatic rings. The zero-order chi connectivity index (χ0) is 20.9. The summed E-state index contributed by atoms with van der Waals surface area (Å²) in [5, 5.41) is 24.7. The molecule has 3 N–H and O–H groups in total. The Labute approximate surface area is 161 Å². The third kappa shape index (κ3) is 18.2. The molecule has 27 heavy (non-hydrogen) atoms. The first kappa shape index (κ1) is 26.8. The minimum atomic E-state index is -0.920. The van der Waals surface area contributed by atoms with Crippen LogP contribution >= 0.6 is 0 Å². The third-order valence-electron chi connectivity index (χ3n) is 3.41. The zero-order valence-corrected chi connectivity index (χ0v) is 16.2. The summed E-state index contributed by atoms with van der Waals surface area (Å²) in [6.07, 6.45) is 6.59. The van der Waals surface area contributed by atoms with Gasteiger partial charge in [0.15, 0.2) is 6.10 Å². The lowest BCUT2D eigenvalue weighted by Crippen LogP contribution is -2.22. The number of aliphatic hydroxyl groups is 1. The number of benzene rings is 1. The standard InChI is InChI=1S/C12H24O3.C7H6O2.CH2O2/c1-3-5-6-7-8-9-10-11(13)12(14)15-4-2;8-7(9)6-4-2-1-3-5-6;2-1-3/h11,13H,3-10H2,1-2H3;1-5H,(H,8,9);1H,(H,2,3). The van der Waals surface area contributed by atoms with Crippen LogP contribution in [0.3, 0.4) is 0 Å². The van der Waals surface area contributed by atoms with E-state index in [9.17, 15) is 14.7 Å². The summed E-state index contributed by atoms with van der Waals surface area (Å²) in [6.45, 7) is 4.02. The minimum absolute atomic E-state index is 0.250. The molecule has 0 aliphatic carbocycles. The lowest BCUT2D eigenvalue weighted by molar-refractivity contribution is -0.153. The molecule has 1 atom stereocenters. The van der Waals surface area contributed by atoms with Crippen molar-refractivity contribution in [3.63, 3.8) is 0 Å². The van der Waals surface area contributed by atoms with Gasteiger partial charge in [0, 0.05) is 0 Å². The Hall–Kier alpha value is -2.41. The molecule has 1 aromatic carbocycles. The molecule has 0 amide bonds. The largest absolute Gasteiger partial charge is 0.483 e. The average Bonchev–Trinajstić information content (AvgIpc) is 2.66. The molecule has 1 unspecified atom stereocenters. The van der Waals surface area contributed by atoms with Gasteiger partial charge in [-0.1, -0.05) is 63.6 Å². The molecular weight excluding hydrogens is 352 g/mol. The Bertz CT molecular complexity index is 488. The van der Waals surface area contributed by atoms with Crippen molar-refractivity contribution in [3.05, 3.63) is 35.9 Å². The maximum Gasteiger partial charge on any atom is 0.335 e. The summed E-state index contributed by atoms with van der Waals surface area (Å²) in [5.41, 5.74) is 0.331. The summed E-state index contributed by atoms with van der Waals surface area (Å²) >= 11 is 0. The second kappa shape index (κ2) is 19.9. The molecule has 1 rings (SSSR count). The molecule has 7 heteroatoms. The van der Waals surface area contributed by atoms with Crippen molar-refractivity contribution in [2.75, 3.05) is 6.61 Å². The molecule has 154 valence electrons. The van der Waals surface area contributed by atoms with Crippen molar-refractivity contribution in [3.8, 4) is 0 Å². The van der Waals surface area contributed by atoms with Crippen LogP contribution in [0.4, 0.5) is 0 Å². The molecule has 0 fully saturated rings. The van der Waals surface area contributed by atoms with Crippen molar-refractivity contribution in [2.24, 2.45) is 0 Å². The van der Waals surface area contributed by atoms with E-state index in [1.54, 1.807) is 37.3 Å². The van der Waals surface area contributed by atoms with Crippen LogP contribution in [-0.4, -0.2) is 46.4 Å². The maximum absolute atomic E-state index is 11.0. The fraction of sp³-hybridized carbons (Fsp3) is 0.550. The van der Waals surface area contributed by atoms with Crippen molar-refractivity contribution in [1.82, 2.24) is 0 Å². The highest BCUT2D eigenvalue weighted by Crippen LogP contribution is 2.09. The molecular formula is C20H32O7. The van der Waals surface area contributed by atoms with Gasteiger partial charge in [0.2, 0.25) is 0 Å². The molecule has 0 aliphatic rings. The van der Waals surface area contributed by atoms with E-state index in [2.05, 4.69) is 6.92 Å². The summed E-state index contributed by atoms with van der Waals surface area (Å²) < 4.78 is 4.71. The predicted molar refractivity (Wildman–Crippen MR) is 103 cm³/mol. The van der Waals surface area contributed by atoms with Crippen LogP contribution in [0.1, 0.15) is 69.2 Å². The third-order valence-corrected chi connectivity index (χ3v) is 3.41. The van der Waals surface area contributed by atoms with E-state index in [-0.39, 0.29) is 6.47 Å². The summed E-state index contributed by atoms with van der Waals surface area (Å²) in [6, 6.07) is 8.30. The Morgan fingerprint density at radius 2 is 1.56 bits per heavy atom. The Kier molecular flexibility index (Phi) is 19.8. The molecule has 0 aromatic heterocycles. The van der Waals surface area contributed by atoms with Crippen molar-refractivity contribution in [2.45, 2.75) is 64.9 Å². The van der Waals surface area contributed by atoms with Gasteiger partial charge in [-0.25, -0.2) is 9.59 Å². The topological polar surface area (TPSA) is 121 Å². The van der Waals surface area contributed by atoms with Crippen LogP contribution in [0.25, 0.3) is 0 Å². The van der Waals surface area contributed by atoms with Crippen LogP contribution in [0.2, 0.25) is 0 Å². The fourth-order valence-electron chi connectivity index (χ4n) is 2.06. The average molecular weight is 384 g/mol. The van der Waals surface area contributed by atoms with Crippen molar-refractivity contribution in [1.29, 1.82) is 0 Å². The highest BCUT2D eigenvalue weighted by molar-refractivity contribution is 5.87. The van der Waals surface area contributed by atoms with Crippen LogP contribution in [-0.2, 0) is 14.3 Å². The number of aromatic carboxylic acids is 1. The number of hydrogen-bond acceptors (Lipinski definition) is 5. The molecule has 0 aliphatic heterocycles. The van der Waals surface area contributed by atoms with Crippen LogP contribution < -0.4 is 0 Å². The molecule has 0 saturated carbocycles. The van der Waals surface area contributed by atoms with E-state index in [4.69, 9.17) is 19.7 Å². The van der Waals surface area contributed by atoms with E-state index in [1.165, 1.54) is 25.7 Å². The molecule has 0 saturated heterocycles. The molecule has 0 heterocycles. The van der Waals surface area contributed by atoms with Crippen LogP contribution in [0, 0.1) is 0 Å². The Morgan fingerprint density at radius 1 is 1.04 bits per heavy atom. The first-order valence-electron chi connectivity index (χ1n) is 9.15. The fourth-order valence-corrected chi connectivity index (χ4v) is 2.06. The number of aliphatic hydroxyl groups excluding tert-OH is 1. The lowest BCUT2D eigenvalue weighted by Gasteiger charge is -2.08. The van der Waals surface area contributed by atoms with Crippen molar-refractivity contribution < 1.29 is 34.4 Å². The van der Waals surface area contributed by atoms with Gasteiger partial charge in [-0.3, -0.25) is 4.79 Å². The number of esters is 1. The normalized spacial score (nSPS) is 10.3. The maximum atomic E-state index is 11.0. The molecule has 7 nitrogen and oxygen atoms in total. The van der Waals surface area contributed by atoms with E-state index in [1.807, 2.05) is 0 Å². The second-order valence-corrected chi connectivity index (χ2v) is 5.60. The van der Waals surface area contributed by atoms with Gasteiger partial charge >= 0.3 is 11.9 Å². The molecule has 0 bridgehead atoms.